The van der Waals surface area contributed by atoms with Crippen molar-refractivity contribution < 1.29 is 13.5 Å². The van der Waals surface area contributed by atoms with Crippen molar-refractivity contribution in [2.45, 2.75) is 90.9 Å². The first-order chi connectivity index (χ1) is 17.6. The maximum atomic E-state index is 14.8. The molecule has 2 aromatic carbocycles. The van der Waals surface area contributed by atoms with Crippen LogP contribution >= 0.6 is 0 Å². The molecule has 0 aliphatic heterocycles. The monoisotopic (exact) mass is 494 g/mol. The van der Waals surface area contributed by atoms with Gasteiger partial charge in [-0.3, -0.25) is 0 Å². The lowest BCUT2D eigenvalue weighted by Crippen LogP contribution is -2.01. The van der Waals surface area contributed by atoms with Crippen molar-refractivity contribution in [1.29, 1.82) is 0 Å². The van der Waals surface area contributed by atoms with Crippen molar-refractivity contribution in [2.75, 3.05) is 6.61 Å². The average molecular weight is 495 g/mol. The maximum Gasteiger partial charge on any atom is 0.201 e. The highest BCUT2D eigenvalue weighted by atomic mass is 19.2. The number of nitrogens with zero attached hydrogens (tertiary/aromatic N) is 2. The lowest BCUT2D eigenvalue weighted by Gasteiger charge is -2.11. The number of halogens is 2. The third kappa shape index (κ3) is 8.39. The molecule has 3 aromatic rings. The van der Waals surface area contributed by atoms with Crippen molar-refractivity contribution >= 4 is 0 Å². The van der Waals surface area contributed by atoms with E-state index in [1.807, 2.05) is 24.5 Å². The molecule has 0 amide bonds. The molecule has 36 heavy (non-hydrogen) atoms. The molecule has 1 aromatic heterocycles. The van der Waals surface area contributed by atoms with Crippen LogP contribution in [0.15, 0.2) is 48.8 Å². The van der Waals surface area contributed by atoms with Gasteiger partial charge in [-0.05, 0) is 42.5 Å². The Hall–Kier alpha value is -2.82. The lowest BCUT2D eigenvalue weighted by atomic mass is 10.0. The quantitative estimate of drug-likeness (QED) is 0.186. The maximum absolute atomic E-state index is 14.8. The minimum atomic E-state index is -0.934. The average Bonchev–Trinajstić information content (AvgIpc) is 2.91. The van der Waals surface area contributed by atoms with Crippen LogP contribution in [0.4, 0.5) is 8.78 Å². The van der Waals surface area contributed by atoms with Gasteiger partial charge in [-0.2, -0.15) is 4.39 Å². The summed E-state index contributed by atoms with van der Waals surface area (Å²) < 4.78 is 35.0. The van der Waals surface area contributed by atoms with Crippen LogP contribution in [0.5, 0.6) is 5.75 Å². The van der Waals surface area contributed by atoms with E-state index in [2.05, 4.69) is 23.8 Å². The Balaban J connectivity index is 1.55. The molecule has 0 atom stereocenters. The predicted molar refractivity (Wildman–Crippen MR) is 144 cm³/mol. The summed E-state index contributed by atoms with van der Waals surface area (Å²) in [5.74, 6) is -1.22. The number of unbranched alkanes of at least 4 members (excludes halogenated alkanes) is 9. The fourth-order valence-electron chi connectivity index (χ4n) is 4.30. The number of benzene rings is 2. The van der Waals surface area contributed by atoms with Crippen molar-refractivity contribution in [3.05, 3.63) is 66.0 Å². The van der Waals surface area contributed by atoms with E-state index in [1.54, 1.807) is 18.2 Å². The molecule has 0 bridgehead atoms. The normalized spacial score (nSPS) is 11.1. The van der Waals surface area contributed by atoms with Gasteiger partial charge in [0.2, 0.25) is 5.82 Å². The minimum absolute atomic E-state index is 0.0275. The highest BCUT2D eigenvalue weighted by Crippen LogP contribution is 2.31. The summed E-state index contributed by atoms with van der Waals surface area (Å²) in [5.41, 5.74) is 2.79. The molecule has 0 fully saturated rings. The molecular formula is C31H40F2N2O. The number of ether oxygens (including phenoxy) is 1. The molecule has 1 heterocycles. The van der Waals surface area contributed by atoms with Gasteiger partial charge in [0.15, 0.2) is 17.4 Å². The summed E-state index contributed by atoms with van der Waals surface area (Å²) in [5, 5.41) is 0. The summed E-state index contributed by atoms with van der Waals surface area (Å²) in [6.45, 7) is 4.80. The summed E-state index contributed by atoms with van der Waals surface area (Å²) in [7, 11) is 0. The largest absolute Gasteiger partial charge is 0.490 e. The van der Waals surface area contributed by atoms with Crippen molar-refractivity contribution in [1.82, 2.24) is 9.97 Å². The topological polar surface area (TPSA) is 35.0 Å². The molecule has 0 saturated heterocycles. The van der Waals surface area contributed by atoms with Crippen molar-refractivity contribution in [3.8, 4) is 28.3 Å². The van der Waals surface area contributed by atoms with Gasteiger partial charge in [0.1, 0.15) is 0 Å². The van der Waals surface area contributed by atoms with Gasteiger partial charge < -0.3 is 4.74 Å². The van der Waals surface area contributed by atoms with E-state index in [1.165, 1.54) is 51.0 Å². The van der Waals surface area contributed by atoms with E-state index in [-0.39, 0.29) is 11.3 Å². The SMILES string of the molecule is CCCCCCCCOc1ccc(-c2ccc(-c3ncc(CCCCCCC)cn3)cc2)c(F)c1F. The number of aryl methyl sites for hydroxylation is 1. The van der Waals surface area contributed by atoms with E-state index in [0.717, 1.165) is 43.2 Å². The van der Waals surface area contributed by atoms with Gasteiger partial charge in [0.25, 0.3) is 0 Å². The van der Waals surface area contributed by atoms with Crippen LogP contribution in [0, 0.1) is 11.6 Å². The second kappa shape index (κ2) is 15.3. The molecule has 3 rings (SSSR count). The zero-order chi connectivity index (χ0) is 25.6. The Morgan fingerprint density at radius 3 is 1.89 bits per heavy atom. The van der Waals surface area contributed by atoms with Crippen LogP contribution in [0.2, 0.25) is 0 Å². The Morgan fingerprint density at radius 2 is 1.22 bits per heavy atom. The molecule has 5 heteroatoms. The first-order valence-electron chi connectivity index (χ1n) is 13.7. The first kappa shape index (κ1) is 27.8. The van der Waals surface area contributed by atoms with Gasteiger partial charge in [-0.1, -0.05) is 95.9 Å². The van der Waals surface area contributed by atoms with Gasteiger partial charge in [-0.15, -0.1) is 0 Å². The van der Waals surface area contributed by atoms with Gasteiger partial charge in [0, 0.05) is 23.5 Å². The van der Waals surface area contributed by atoms with Crippen molar-refractivity contribution in [2.24, 2.45) is 0 Å². The standard InChI is InChI=1S/C31H40F2N2O/c1-3-5-7-9-11-13-21-36-28-20-19-27(29(32)30(28)33)25-15-17-26(18-16-25)31-34-22-24(23-35-31)14-12-10-8-6-4-2/h15-20,22-23H,3-14,21H2,1-2H3. The summed E-state index contributed by atoms with van der Waals surface area (Å²) >= 11 is 0. The molecule has 194 valence electrons. The van der Waals surface area contributed by atoms with Crippen LogP contribution in [0.25, 0.3) is 22.5 Å². The molecule has 3 nitrogen and oxygen atoms in total. The molecule has 0 unspecified atom stereocenters. The molecule has 0 N–H and O–H groups in total. The third-order valence-electron chi connectivity index (χ3n) is 6.53. The molecule has 0 aliphatic carbocycles. The lowest BCUT2D eigenvalue weighted by molar-refractivity contribution is 0.285. The Morgan fingerprint density at radius 1 is 0.639 bits per heavy atom. The Kier molecular flexibility index (Phi) is 11.8. The van der Waals surface area contributed by atoms with Crippen LogP contribution in [0.3, 0.4) is 0 Å². The number of hydrogen-bond acceptors (Lipinski definition) is 3. The van der Waals surface area contributed by atoms with Crippen LogP contribution in [0.1, 0.15) is 90.0 Å². The van der Waals surface area contributed by atoms with E-state index in [9.17, 15) is 8.78 Å². The number of hydrogen-bond donors (Lipinski definition) is 0. The van der Waals surface area contributed by atoms with Gasteiger partial charge in [-0.25, -0.2) is 14.4 Å². The number of aromatic nitrogens is 2. The van der Waals surface area contributed by atoms with E-state index < -0.39 is 11.6 Å². The highest BCUT2D eigenvalue weighted by molar-refractivity contribution is 5.69. The van der Waals surface area contributed by atoms with E-state index in [0.29, 0.717) is 18.0 Å². The van der Waals surface area contributed by atoms with Crippen LogP contribution in [-0.2, 0) is 6.42 Å². The zero-order valence-corrected chi connectivity index (χ0v) is 21.9. The molecular weight excluding hydrogens is 454 g/mol. The van der Waals surface area contributed by atoms with E-state index >= 15 is 0 Å². The Labute approximate surface area is 215 Å². The smallest absolute Gasteiger partial charge is 0.201 e. The second-order valence-corrected chi connectivity index (χ2v) is 9.51. The second-order valence-electron chi connectivity index (χ2n) is 9.51. The van der Waals surface area contributed by atoms with Gasteiger partial charge in [0.05, 0.1) is 6.61 Å². The third-order valence-corrected chi connectivity index (χ3v) is 6.53. The van der Waals surface area contributed by atoms with Crippen molar-refractivity contribution in [3.63, 3.8) is 0 Å². The van der Waals surface area contributed by atoms with Crippen LogP contribution < -0.4 is 4.74 Å². The minimum Gasteiger partial charge on any atom is -0.490 e. The Bertz CT molecular complexity index is 1040. The predicted octanol–water partition coefficient (Wildman–Crippen LogP) is 9.34. The van der Waals surface area contributed by atoms with E-state index in [4.69, 9.17) is 4.74 Å². The highest BCUT2D eigenvalue weighted by Gasteiger charge is 2.16. The summed E-state index contributed by atoms with van der Waals surface area (Å²) in [4.78, 5) is 9.01. The summed E-state index contributed by atoms with van der Waals surface area (Å²) in [6, 6.07) is 10.3. The molecule has 0 spiro atoms. The number of rotatable bonds is 16. The molecule has 0 radical (unpaired) electrons. The molecule has 0 aliphatic rings. The fourth-order valence-corrected chi connectivity index (χ4v) is 4.30. The van der Waals surface area contributed by atoms with Crippen LogP contribution in [-0.4, -0.2) is 16.6 Å². The zero-order valence-electron chi connectivity index (χ0n) is 21.9. The first-order valence-corrected chi connectivity index (χ1v) is 13.7. The van der Waals surface area contributed by atoms with Gasteiger partial charge >= 0.3 is 0 Å². The molecule has 0 saturated carbocycles. The fraction of sp³-hybridized carbons (Fsp3) is 0.484. The summed E-state index contributed by atoms with van der Waals surface area (Å²) in [6.07, 6.45) is 17.7.